The number of rotatable bonds is 7. The first-order valence-corrected chi connectivity index (χ1v) is 8.82. The minimum atomic E-state index is -0.560. The predicted octanol–water partition coefficient (Wildman–Crippen LogP) is 2.95. The average Bonchev–Trinajstić information content (AvgIpc) is 2.62. The molecule has 1 saturated carbocycles. The summed E-state index contributed by atoms with van der Waals surface area (Å²) >= 11 is 0. The van der Waals surface area contributed by atoms with E-state index >= 15 is 0 Å². The molecule has 0 spiro atoms. The van der Waals surface area contributed by atoms with Crippen LogP contribution < -0.4 is 14.8 Å². The van der Waals surface area contributed by atoms with E-state index in [2.05, 4.69) is 12.2 Å². The van der Waals surface area contributed by atoms with E-state index in [1.54, 1.807) is 18.2 Å². The molecule has 6 heteroatoms. The van der Waals surface area contributed by atoms with Crippen LogP contribution >= 0.6 is 0 Å². The Hall–Kier alpha value is -2.24. The molecule has 0 unspecified atom stereocenters. The van der Waals surface area contributed by atoms with Gasteiger partial charge in [-0.15, -0.1) is 0 Å². The molecule has 2 atom stereocenters. The fourth-order valence-electron chi connectivity index (χ4n) is 3.07. The fourth-order valence-corrected chi connectivity index (χ4v) is 3.07. The third-order valence-electron chi connectivity index (χ3n) is 4.49. The number of nitrogens with one attached hydrogen (secondary N) is 1. The lowest BCUT2D eigenvalue weighted by atomic mass is 9.86. The molecular formula is C19H27NO5. The van der Waals surface area contributed by atoms with Crippen LogP contribution in [0, 0.1) is 5.92 Å². The Labute approximate surface area is 148 Å². The van der Waals surface area contributed by atoms with Crippen molar-refractivity contribution in [2.24, 2.45) is 5.92 Å². The summed E-state index contributed by atoms with van der Waals surface area (Å²) in [5.74, 6) is 0.659. The van der Waals surface area contributed by atoms with E-state index < -0.39 is 5.97 Å². The first-order chi connectivity index (χ1) is 12.0. The second-order valence-corrected chi connectivity index (χ2v) is 6.31. The lowest BCUT2D eigenvalue weighted by molar-refractivity contribution is -0.125. The number of carbonyl (C=O) groups is 2. The van der Waals surface area contributed by atoms with Gasteiger partial charge in [0.05, 0.1) is 19.3 Å². The number of esters is 1. The molecule has 0 radical (unpaired) electrons. The molecule has 1 aromatic carbocycles. The lowest BCUT2D eigenvalue weighted by Gasteiger charge is -2.29. The van der Waals surface area contributed by atoms with Crippen molar-refractivity contribution >= 4 is 11.9 Å². The molecule has 6 nitrogen and oxygen atoms in total. The second kappa shape index (κ2) is 9.30. The first-order valence-electron chi connectivity index (χ1n) is 8.82. The van der Waals surface area contributed by atoms with E-state index in [9.17, 15) is 9.59 Å². The Morgan fingerprint density at radius 3 is 2.64 bits per heavy atom. The van der Waals surface area contributed by atoms with Gasteiger partial charge in [-0.3, -0.25) is 4.79 Å². The predicted molar refractivity (Wildman–Crippen MR) is 94.0 cm³/mol. The topological polar surface area (TPSA) is 73.9 Å². The van der Waals surface area contributed by atoms with Gasteiger partial charge >= 0.3 is 5.97 Å². The van der Waals surface area contributed by atoms with E-state index in [-0.39, 0.29) is 18.6 Å². The molecule has 1 aliphatic rings. The summed E-state index contributed by atoms with van der Waals surface area (Å²) in [5.41, 5.74) is 0.322. The summed E-state index contributed by atoms with van der Waals surface area (Å²) in [6.07, 6.45) is 4.44. The van der Waals surface area contributed by atoms with E-state index in [0.29, 0.717) is 29.6 Å². The van der Waals surface area contributed by atoms with E-state index in [0.717, 1.165) is 19.3 Å². The van der Waals surface area contributed by atoms with Gasteiger partial charge in [-0.25, -0.2) is 4.79 Å². The zero-order valence-corrected chi connectivity index (χ0v) is 15.2. The minimum Gasteiger partial charge on any atom is -0.493 e. The molecule has 1 aliphatic carbocycles. The van der Waals surface area contributed by atoms with Crippen molar-refractivity contribution in [3.63, 3.8) is 0 Å². The molecule has 0 aromatic heterocycles. The number of hydrogen-bond donors (Lipinski definition) is 1. The van der Waals surface area contributed by atoms with Gasteiger partial charge in [-0.2, -0.15) is 0 Å². The highest BCUT2D eigenvalue weighted by Crippen LogP contribution is 2.28. The molecule has 0 bridgehead atoms. The Bertz CT molecular complexity index is 601. The Morgan fingerprint density at radius 2 is 1.96 bits per heavy atom. The maximum Gasteiger partial charge on any atom is 0.338 e. The smallest absolute Gasteiger partial charge is 0.338 e. The van der Waals surface area contributed by atoms with Gasteiger partial charge in [0, 0.05) is 6.04 Å². The molecule has 1 N–H and O–H groups in total. The standard InChI is InChI=1S/C19H27NO5/c1-4-24-17-11-14(9-10-16(17)23-3)19(22)25-12-18(21)20-15-8-6-5-7-13(15)2/h9-11,13,15H,4-8,12H2,1-3H3,(H,20,21)/t13-,15+/m1/s1. The second-order valence-electron chi connectivity index (χ2n) is 6.31. The zero-order valence-electron chi connectivity index (χ0n) is 15.2. The molecule has 1 fully saturated rings. The van der Waals surface area contributed by atoms with Crippen LogP contribution in [-0.4, -0.2) is 38.2 Å². The van der Waals surface area contributed by atoms with E-state index in [1.165, 1.54) is 13.5 Å². The van der Waals surface area contributed by atoms with Gasteiger partial charge in [-0.05, 0) is 43.9 Å². The van der Waals surface area contributed by atoms with Crippen molar-refractivity contribution in [2.45, 2.75) is 45.6 Å². The third kappa shape index (κ3) is 5.37. The number of hydrogen-bond acceptors (Lipinski definition) is 5. The molecule has 0 heterocycles. The first kappa shape index (κ1) is 19.1. The summed E-state index contributed by atoms with van der Waals surface area (Å²) < 4.78 is 15.8. The summed E-state index contributed by atoms with van der Waals surface area (Å²) in [6.45, 7) is 4.17. The van der Waals surface area contributed by atoms with Crippen molar-refractivity contribution in [1.29, 1.82) is 0 Å². The highest BCUT2D eigenvalue weighted by Gasteiger charge is 2.23. The van der Waals surface area contributed by atoms with Crippen LogP contribution in [0.2, 0.25) is 0 Å². The third-order valence-corrected chi connectivity index (χ3v) is 4.49. The van der Waals surface area contributed by atoms with Gasteiger partial charge in [0.25, 0.3) is 5.91 Å². The van der Waals surface area contributed by atoms with Crippen LogP contribution in [0.25, 0.3) is 0 Å². The highest BCUT2D eigenvalue weighted by molar-refractivity contribution is 5.92. The Kier molecular flexibility index (Phi) is 7.10. The highest BCUT2D eigenvalue weighted by atomic mass is 16.5. The van der Waals surface area contributed by atoms with Crippen molar-refractivity contribution in [2.75, 3.05) is 20.3 Å². The minimum absolute atomic E-state index is 0.172. The molecule has 2 rings (SSSR count). The molecule has 1 aromatic rings. The Morgan fingerprint density at radius 1 is 1.20 bits per heavy atom. The fraction of sp³-hybridized carbons (Fsp3) is 0.579. The van der Waals surface area contributed by atoms with Crippen LogP contribution in [0.1, 0.15) is 49.9 Å². The largest absolute Gasteiger partial charge is 0.493 e. The molecule has 1 amide bonds. The van der Waals surface area contributed by atoms with Gasteiger partial charge in [0.1, 0.15) is 0 Å². The van der Waals surface area contributed by atoms with Crippen molar-refractivity contribution in [3.05, 3.63) is 23.8 Å². The number of carbonyl (C=O) groups excluding carboxylic acids is 2. The molecule has 0 aliphatic heterocycles. The maximum absolute atomic E-state index is 12.2. The van der Waals surface area contributed by atoms with Gasteiger partial charge in [0.15, 0.2) is 18.1 Å². The SMILES string of the molecule is CCOc1cc(C(=O)OCC(=O)N[C@H]2CCCC[C@H]2C)ccc1OC. The number of benzene rings is 1. The molecular weight excluding hydrogens is 322 g/mol. The van der Waals surface area contributed by atoms with Crippen LogP contribution in [-0.2, 0) is 9.53 Å². The van der Waals surface area contributed by atoms with Gasteiger partial charge < -0.3 is 19.5 Å². The molecule has 138 valence electrons. The summed E-state index contributed by atoms with van der Waals surface area (Å²) in [6, 6.07) is 4.97. The van der Waals surface area contributed by atoms with Crippen LogP contribution in [0.15, 0.2) is 18.2 Å². The van der Waals surface area contributed by atoms with Crippen LogP contribution in [0.5, 0.6) is 11.5 Å². The quantitative estimate of drug-likeness (QED) is 0.766. The summed E-state index contributed by atoms with van der Waals surface area (Å²) in [7, 11) is 1.53. The normalized spacial score (nSPS) is 19.8. The van der Waals surface area contributed by atoms with Gasteiger partial charge in [0.2, 0.25) is 0 Å². The number of amides is 1. The number of ether oxygens (including phenoxy) is 3. The maximum atomic E-state index is 12.2. The van der Waals surface area contributed by atoms with E-state index in [4.69, 9.17) is 14.2 Å². The van der Waals surface area contributed by atoms with Crippen molar-refractivity contribution in [1.82, 2.24) is 5.32 Å². The van der Waals surface area contributed by atoms with Crippen molar-refractivity contribution < 1.29 is 23.8 Å². The van der Waals surface area contributed by atoms with Crippen LogP contribution in [0.3, 0.4) is 0 Å². The molecule has 0 saturated heterocycles. The molecule has 25 heavy (non-hydrogen) atoms. The zero-order chi connectivity index (χ0) is 18.2. The average molecular weight is 349 g/mol. The van der Waals surface area contributed by atoms with Crippen molar-refractivity contribution in [3.8, 4) is 11.5 Å². The van der Waals surface area contributed by atoms with Gasteiger partial charge in [-0.1, -0.05) is 19.8 Å². The Balaban J connectivity index is 1.89. The monoisotopic (exact) mass is 349 g/mol. The summed E-state index contributed by atoms with van der Waals surface area (Å²) in [4.78, 5) is 24.2. The van der Waals surface area contributed by atoms with E-state index in [1.807, 2.05) is 6.92 Å². The summed E-state index contributed by atoms with van der Waals surface area (Å²) in [5, 5.41) is 2.96. The lowest BCUT2D eigenvalue weighted by Crippen LogP contribution is -2.42. The number of methoxy groups -OCH3 is 1. The van der Waals surface area contributed by atoms with Crippen LogP contribution in [0.4, 0.5) is 0 Å².